The SMILES string of the molecule is O=C(Nc1ccc2c(c1)CCC2)C1CC1c1ccccc1Cl. The van der Waals surface area contributed by atoms with Crippen LogP contribution < -0.4 is 5.32 Å². The molecule has 1 amide bonds. The van der Waals surface area contributed by atoms with E-state index in [4.69, 9.17) is 11.6 Å². The van der Waals surface area contributed by atoms with Crippen LogP contribution in [0.15, 0.2) is 42.5 Å². The van der Waals surface area contributed by atoms with Gasteiger partial charge < -0.3 is 5.32 Å². The van der Waals surface area contributed by atoms with Gasteiger partial charge in [-0.1, -0.05) is 35.9 Å². The molecule has 0 radical (unpaired) electrons. The molecule has 2 aliphatic rings. The molecule has 1 saturated carbocycles. The fraction of sp³-hybridized carbons (Fsp3) is 0.316. The number of halogens is 1. The van der Waals surface area contributed by atoms with Crippen molar-refractivity contribution in [3.8, 4) is 0 Å². The van der Waals surface area contributed by atoms with Crippen LogP contribution in [0.5, 0.6) is 0 Å². The summed E-state index contributed by atoms with van der Waals surface area (Å²) in [5, 5.41) is 3.83. The molecule has 0 aliphatic heterocycles. The third-order valence-electron chi connectivity index (χ3n) is 4.80. The standard InChI is InChI=1S/C19H18ClNO/c20-18-7-2-1-6-15(18)16-11-17(16)19(22)21-14-9-8-12-4-3-5-13(12)10-14/h1-2,6-10,16-17H,3-5,11H2,(H,21,22). The summed E-state index contributed by atoms with van der Waals surface area (Å²) in [6.45, 7) is 0. The summed E-state index contributed by atoms with van der Waals surface area (Å²) in [6.07, 6.45) is 4.41. The number of rotatable bonds is 3. The molecule has 2 nitrogen and oxygen atoms in total. The lowest BCUT2D eigenvalue weighted by Crippen LogP contribution is -2.14. The van der Waals surface area contributed by atoms with E-state index in [1.807, 2.05) is 30.3 Å². The van der Waals surface area contributed by atoms with Gasteiger partial charge in [0, 0.05) is 16.6 Å². The summed E-state index contributed by atoms with van der Waals surface area (Å²) < 4.78 is 0. The highest BCUT2D eigenvalue weighted by Crippen LogP contribution is 2.50. The van der Waals surface area contributed by atoms with Crippen LogP contribution in [0.3, 0.4) is 0 Å². The van der Waals surface area contributed by atoms with E-state index in [1.54, 1.807) is 0 Å². The Morgan fingerprint density at radius 2 is 1.91 bits per heavy atom. The van der Waals surface area contributed by atoms with Crippen molar-refractivity contribution in [3.05, 3.63) is 64.2 Å². The molecule has 3 heteroatoms. The third-order valence-corrected chi connectivity index (χ3v) is 5.14. The van der Waals surface area contributed by atoms with Gasteiger partial charge in [-0.05, 0) is 66.5 Å². The van der Waals surface area contributed by atoms with Gasteiger partial charge in [-0.3, -0.25) is 4.79 Å². The fourth-order valence-electron chi connectivity index (χ4n) is 3.49. The smallest absolute Gasteiger partial charge is 0.228 e. The van der Waals surface area contributed by atoms with Gasteiger partial charge in [0.1, 0.15) is 0 Å². The van der Waals surface area contributed by atoms with Gasteiger partial charge in [0.05, 0.1) is 0 Å². The van der Waals surface area contributed by atoms with E-state index in [0.29, 0.717) is 0 Å². The van der Waals surface area contributed by atoms with Crippen molar-refractivity contribution < 1.29 is 4.79 Å². The largest absolute Gasteiger partial charge is 0.326 e. The molecule has 22 heavy (non-hydrogen) atoms. The van der Waals surface area contributed by atoms with Crippen LogP contribution in [0.1, 0.15) is 35.4 Å². The minimum absolute atomic E-state index is 0.0492. The Balaban J connectivity index is 1.45. The van der Waals surface area contributed by atoms with E-state index in [9.17, 15) is 4.79 Å². The highest BCUT2D eigenvalue weighted by molar-refractivity contribution is 6.31. The van der Waals surface area contributed by atoms with Crippen LogP contribution in [-0.2, 0) is 17.6 Å². The number of carbonyl (C=O) groups is 1. The van der Waals surface area contributed by atoms with Crippen molar-refractivity contribution in [1.82, 2.24) is 0 Å². The zero-order valence-electron chi connectivity index (χ0n) is 12.3. The van der Waals surface area contributed by atoms with Gasteiger partial charge >= 0.3 is 0 Å². The Morgan fingerprint density at radius 3 is 2.77 bits per heavy atom. The Hall–Kier alpha value is -1.80. The molecule has 2 atom stereocenters. The minimum atomic E-state index is 0.0492. The summed E-state index contributed by atoms with van der Waals surface area (Å²) >= 11 is 6.22. The molecular weight excluding hydrogens is 294 g/mol. The van der Waals surface area contributed by atoms with Crippen molar-refractivity contribution in [2.24, 2.45) is 5.92 Å². The first-order valence-corrected chi connectivity index (χ1v) is 8.27. The van der Waals surface area contributed by atoms with Crippen LogP contribution in [0, 0.1) is 5.92 Å². The van der Waals surface area contributed by atoms with Gasteiger partial charge in [0.15, 0.2) is 0 Å². The molecule has 0 spiro atoms. The number of amides is 1. The van der Waals surface area contributed by atoms with Gasteiger partial charge in [-0.15, -0.1) is 0 Å². The summed E-state index contributed by atoms with van der Waals surface area (Å²) in [5.74, 6) is 0.430. The third kappa shape index (κ3) is 2.52. The predicted molar refractivity (Wildman–Crippen MR) is 89.4 cm³/mol. The number of nitrogens with one attached hydrogen (secondary N) is 1. The average molecular weight is 312 g/mol. The van der Waals surface area contributed by atoms with E-state index in [1.165, 1.54) is 24.0 Å². The number of hydrogen-bond acceptors (Lipinski definition) is 1. The highest BCUT2D eigenvalue weighted by Gasteiger charge is 2.44. The average Bonchev–Trinajstić information content (AvgIpc) is 3.18. The van der Waals surface area contributed by atoms with Crippen LogP contribution in [-0.4, -0.2) is 5.91 Å². The van der Waals surface area contributed by atoms with Crippen LogP contribution in [0.25, 0.3) is 0 Å². The molecule has 2 aromatic carbocycles. The summed E-state index contributed by atoms with van der Waals surface area (Å²) in [7, 11) is 0. The number of hydrogen-bond donors (Lipinski definition) is 1. The molecule has 4 rings (SSSR count). The lowest BCUT2D eigenvalue weighted by atomic mass is 10.1. The van der Waals surface area contributed by atoms with Crippen molar-refractivity contribution in [1.29, 1.82) is 0 Å². The lowest BCUT2D eigenvalue weighted by molar-refractivity contribution is -0.117. The Morgan fingerprint density at radius 1 is 1.09 bits per heavy atom. The zero-order valence-corrected chi connectivity index (χ0v) is 13.1. The lowest BCUT2D eigenvalue weighted by Gasteiger charge is -2.08. The van der Waals surface area contributed by atoms with E-state index in [2.05, 4.69) is 17.4 Å². The molecule has 0 bridgehead atoms. The first-order chi connectivity index (χ1) is 10.7. The minimum Gasteiger partial charge on any atom is -0.326 e. The molecule has 112 valence electrons. The fourth-order valence-corrected chi connectivity index (χ4v) is 3.76. The Labute approximate surface area is 135 Å². The molecule has 2 unspecified atom stereocenters. The number of carbonyl (C=O) groups excluding carboxylic acids is 1. The second kappa shape index (κ2) is 5.44. The summed E-state index contributed by atoms with van der Waals surface area (Å²) in [6, 6.07) is 14.1. The predicted octanol–water partition coefficient (Wildman–Crippen LogP) is 4.57. The molecule has 0 saturated heterocycles. The molecule has 2 aliphatic carbocycles. The maximum Gasteiger partial charge on any atom is 0.228 e. The second-order valence-corrected chi connectivity index (χ2v) is 6.70. The topological polar surface area (TPSA) is 29.1 Å². The normalized spacial score (nSPS) is 22.2. The highest BCUT2D eigenvalue weighted by atomic mass is 35.5. The van der Waals surface area contributed by atoms with E-state index >= 15 is 0 Å². The molecular formula is C19H18ClNO. The Kier molecular flexibility index (Phi) is 3.42. The summed E-state index contributed by atoms with van der Waals surface area (Å²) in [5.41, 5.74) is 4.84. The van der Waals surface area contributed by atoms with E-state index < -0.39 is 0 Å². The number of benzene rings is 2. The van der Waals surface area contributed by atoms with Crippen molar-refractivity contribution >= 4 is 23.2 Å². The second-order valence-electron chi connectivity index (χ2n) is 6.30. The quantitative estimate of drug-likeness (QED) is 0.884. The van der Waals surface area contributed by atoms with Crippen molar-refractivity contribution in [2.75, 3.05) is 5.32 Å². The van der Waals surface area contributed by atoms with Gasteiger partial charge in [-0.2, -0.15) is 0 Å². The number of aryl methyl sites for hydroxylation is 2. The monoisotopic (exact) mass is 311 g/mol. The molecule has 0 heterocycles. The maximum absolute atomic E-state index is 12.4. The molecule has 1 N–H and O–H groups in total. The molecule has 0 aromatic heterocycles. The Bertz CT molecular complexity index is 740. The van der Waals surface area contributed by atoms with Crippen LogP contribution in [0.2, 0.25) is 5.02 Å². The first-order valence-electron chi connectivity index (χ1n) is 7.89. The first kappa shape index (κ1) is 13.8. The van der Waals surface area contributed by atoms with E-state index in [-0.39, 0.29) is 17.7 Å². The zero-order chi connectivity index (χ0) is 15.1. The van der Waals surface area contributed by atoms with Gasteiger partial charge in [-0.25, -0.2) is 0 Å². The summed E-state index contributed by atoms with van der Waals surface area (Å²) in [4.78, 5) is 12.4. The number of anilines is 1. The van der Waals surface area contributed by atoms with E-state index in [0.717, 1.165) is 29.1 Å². The molecule has 1 fully saturated rings. The van der Waals surface area contributed by atoms with Crippen molar-refractivity contribution in [3.63, 3.8) is 0 Å². The van der Waals surface area contributed by atoms with Crippen molar-refractivity contribution in [2.45, 2.75) is 31.6 Å². The van der Waals surface area contributed by atoms with Crippen LogP contribution >= 0.6 is 11.6 Å². The number of fused-ring (bicyclic) bond motifs is 1. The maximum atomic E-state index is 12.4. The van der Waals surface area contributed by atoms with Gasteiger partial charge in [0.25, 0.3) is 0 Å². The van der Waals surface area contributed by atoms with Crippen LogP contribution in [0.4, 0.5) is 5.69 Å². The van der Waals surface area contributed by atoms with Gasteiger partial charge in [0.2, 0.25) is 5.91 Å². The molecule has 2 aromatic rings.